The molecule has 0 radical (unpaired) electrons. The van der Waals surface area contributed by atoms with Crippen LogP contribution in [0.2, 0.25) is 0 Å². The number of hydrazine groups is 1. The summed E-state index contributed by atoms with van der Waals surface area (Å²) in [6.45, 7) is 4.36. The predicted molar refractivity (Wildman–Crippen MR) is 126 cm³/mol. The molecule has 0 bridgehead atoms. The predicted octanol–water partition coefficient (Wildman–Crippen LogP) is 2.86. The Morgan fingerprint density at radius 2 is 1.86 bits per heavy atom. The van der Waals surface area contributed by atoms with Crippen LogP contribution < -0.4 is 26.1 Å². The minimum atomic E-state index is -0.542. The summed E-state index contributed by atoms with van der Waals surface area (Å²) in [4.78, 5) is 13.0. The maximum Gasteiger partial charge on any atom is 0.292 e. The van der Waals surface area contributed by atoms with Gasteiger partial charge in [-0.15, -0.1) is 5.10 Å². The fourth-order valence-electron chi connectivity index (χ4n) is 3.01. The molecule has 0 atom stereocenters. The Bertz CT molecular complexity index is 1300. The molecule has 12 heteroatoms. The Hall–Kier alpha value is -4.87. The quantitative estimate of drug-likeness (QED) is 0.230. The normalized spacial score (nSPS) is 11.2. The van der Waals surface area contributed by atoms with Crippen molar-refractivity contribution >= 4 is 11.7 Å². The molecule has 1 amide bonds. The molecule has 2 heterocycles. The second-order valence-corrected chi connectivity index (χ2v) is 7.36. The van der Waals surface area contributed by atoms with Crippen molar-refractivity contribution in [2.24, 2.45) is 0 Å². The lowest BCUT2D eigenvalue weighted by molar-refractivity contribution is 0.0934. The molecule has 0 saturated heterocycles. The summed E-state index contributed by atoms with van der Waals surface area (Å²) in [6, 6.07) is 16.4. The number of carbonyl (C=O) groups is 1. The lowest BCUT2D eigenvalue weighted by Gasteiger charge is -2.10. The van der Waals surface area contributed by atoms with Crippen LogP contribution in [0, 0.1) is 0 Å². The second-order valence-electron chi connectivity index (χ2n) is 7.36. The number of para-hydroxylation sites is 1. The average molecular weight is 476 g/mol. The first kappa shape index (κ1) is 23.3. The van der Waals surface area contributed by atoms with E-state index in [4.69, 9.17) is 19.8 Å². The molecular weight excluding hydrogens is 452 g/mol. The van der Waals surface area contributed by atoms with Gasteiger partial charge in [0.05, 0.1) is 12.3 Å². The Kier molecular flexibility index (Phi) is 7.21. The average Bonchev–Trinajstić information content (AvgIpc) is 3.51. The number of rotatable bonds is 10. The van der Waals surface area contributed by atoms with Crippen LogP contribution in [0.15, 0.2) is 71.2 Å². The molecule has 35 heavy (non-hydrogen) atoms. The van der Waals surface area contributed by atoms with Gasteiger partial charge in [-0.1, -0.05) is 30.3 Å². The SMILES string of the molecule is CCCOc1ccc(-c2c(C(=O)NNC(C)=COc3ccccc3)nnn2-c2nonc2N)cc1. The third-order valence-corrected chi connectivity index (χ3v) is 4.67. The van der Waals surface area contributed by atoms with E-state index >= 15 is 0 Å². The molecule has 0 aliphatic carbocycles. The van der Waals surface area contributed by atoms with Crippen molar-refractivity contribution in [1.82, 2.24) is 36.2 Å². The summed E-state index contributed by atoms with van der Waals surface area (Å²) >= 11 is 0. The number of nitrogens with zero attached hydrogens (tertiary/aromatic N) is 5. The number of hydrogen-bond acceptors (Lipinski definition) is 10. The fraction of sp³-hybridized carbons (Fsp3) is 0.174. The minimum Gasteiger partial charge on any atom is -0.494 e. The zero-order chi connectivity index (χ0) is 24.6. The molecule has 0 fully saturated rings. The molecule has 2 aromatic heterocycles. The van der Waals surface area contributed by atoms with E-state index in [0.29, 0.717) is 35.1 Å². The Morgan fingerprint density at radius 1 is 1.09 bits per heavy atom. The van der Waals surface area contributed by atoms with Crippen molar-refractivity contribution in [2.75, 3.05) is 12.3 Å². The topological polar surface area (TPSA) is 155 Å². The first-order valence-corrected chi connectivity index (χ1v) is 10.8. The number of nitrogen functional groups attached to an aromatic ring is 1. The van der Waals surface area contributed by atoms with Crippen LogP contribution >= 0.6 is 0 Å². The van der Waals surface area contributed by atoms with Crippen molar-refractivity contribution in [1.29, 1.82) is 0 Å². The van der Waals surface area contributed by atoms with Gasteiger partial charge < -0.3 is 15.2 Å². The van der Waals surface area contributed by atoms with Gasteiger partial charge in [0.15, 0.2) is 5.69 Å². The number of nitrogens with one attached hydrogen (secondary N) is 2. The van der Waals surface area contributed by atoms with Gasteiger partial charge in [-0.05, 0) is 60.1 Å². The number of allylic oxidation sites excluding steroid dienone is 1. The van der Waals surface area contributed by atoms with Gasteiger partial charge in [0.1, 0.15) is 23.5 Å². The van der Waals surface area contributed by atoms with Gasteiger partial charge >= 0.3 is 0 Å². The molecule has 180 valence electrons. The molecule has 4 aromatic rings. The van der Waals surface area contributed by atoms with Crippen molar-refractivity contribution < 1.29 is 18.9 Å². The molecule has 0 spiro atoms. The lowest BCUT2D eigenvalue weighted by Crippen LogP contribution is -2.36. The molecule has 4 N–H and O–H groups in total. The van der Waals surface area contributed by atoms with Gasteiger partial charge in [0, 0.05) is 5.56 Å². The monoisotopic (exact) mass is 476 g/mol. The smallest absolute Gasteiger partial charge is 0.292 e. The maximum atomic E-state index is 13.0. The molecular formula is C23H24N8O4. The van der Waals surface area contributed by atoms with E-state index in [1.807, 2.05) is 37.3 Å². The molecule has 0 aliphatic heterocycles. The van der Waals surface area contributed by atoms with Crippen LogP contribution in [0.1, 0.15) is 30.8 Å². The standard InChI is InChI=1S/C23H24N8O4/c1-3-13-33-18-11-9-16(10-12-18)20-19(26-30-31(20)22-21(24)28-35-29-22)23(32)27-25-15(2)14-34-17-7-5-4-6-8-17/h4-12,14,25H,3,13H2,1-2H3,(H2,24,28)(H,27,32). The second kappa shape index (κ2) is 10.8. The maximum absolute atomic E-state index is 13.0. The highest BCUT2D eigenvalue weighted by Gasteiger charge is 2.25. The van der Waals surface area contributed by atoms with Crippen LogP contribution in [-0.4, -0.2) is 37.8 Å². The number of nitrogens with two attached hydrogens (primary N) is 1. The van der Waals surface area contributed by atoms with Gasteiger partial charge in [-0.3, -0.25) is 15.6 Å². The number of aromatic nitrogens is 5. The summed E-state index contributed by atoms with van der Waals surface area (Å²) < 4.78 is 17.2. The zero-order valence-electron chi connectivity index (χ0n) is 19.1. The van der Waals surface area contributed by atoms with E-state index in [-0.39, 0.29) is 17.3 Å². The fourth-order valence-corrected chi connectivity index (χ4v) is 3.01. The van der Waals surface area contributed by atoms with Gasteiger partial charge in [0.25, 0.3) is 5.91 Å². The summed E-state index contributed by atoms with van der Waals surface area (Å²) in [5.41, 5.74) is 12.8. The summed E-state index contributed by atoms with van der Waals surface area (Å²) in [5, 5.41) is 15.5. The third-order valence-electron chi connectivity index (χ3n) is 4.67. The Labute approximate surface area is 200 Å². The summed E-state index contributed by atoms with van der Waals surface area (Å²) in [5.74, 6) is 0.929. The first-order valence-electron chi connectivity index (χ1n) is 10.8. The molecule has 2 aromatic carbocycles. The largest absolute Gasteiger partial charge is 0.494 e. The summed E-state index contributed by atoms with van der Waals surface area (Å²) in [6.07, 6.45) is 2.36. The van der Waals surface area contributed by atoms with Crippen LogP contribution in [0.4, 0.5) is 5.82 Å². The van der Waals surface area contributed by atoms with E-state index in [1.54, 1.807) is 31.2 Å². The van der Waals surface area contributed by atoms with E-state index in [0.717, 1.165) is 6.42 Å². The van der Waals surface area contributed by atoms with Gasteiger partial charge in [-0.2, -0.15) is 4.68 Å². The lowest BCUT2D eigenvalue weighted by atomic mass is 10.1. The van der Waals surface area contributed by atoms with Crippen molar-refractivity contribution in [3.8, 4) is 28.6 Å². The van der Waals surface area contributed by atoms with E-state index in [2.05, 4.69) is 31.5 Å². The van der Waals surface area contributed by atoms with Crippen molar-refractivity contribution in [2.45, 2.75) is 20.3 Å². The van der Waals surface area contributed by atoms with Gasteiger partial charge in [0.2, 0.25) is 11.6 Å². The van der Waals surface area contributed by atoms with Crippen LogP contribution in [0.3, 0.4) is 0 Å². The highest BCUT2D eigenvalue weighted by Crippen LogP contribution is 2.28. The van der Waals surface area contributed by atoms with Gasteiger partial charge in [-0.25, -0.2) is 4.63 Å². The van der Waals surface area contributed by atoms with Crippen LogP contribution in [0.25, 0.3) is 17.1 Å². The molecule has 4 rings (SSSR count). The van der Waals surface area contributed by atoms with Crippen molar-refractivity contribution in [3.05, 3.63) is 72.3 Å². The van der Waals surface area contributed by atoms with E-state index < -0.39 is 5.91 Å². The molecule has 0 saturated carbocycles. The van der Waals surface area contributed by atoms with E-state index in [1.165, 1.54) is 10.9 Å². The highest BCUT2D eigenvalue weighted by atomic mass is 16.6. The highest BCUT2D eigenvalue weighted by molar-refractivity contribution is 5.98. The number of amides is 1. The van der Waals surface area contributed by atoms with Crippen LogP contribution in [0.5, 0.6) is 11.5 Å². The number of hydrogen-bond donors (Lipinski definition) is 3. The number of benzene rings is 2. The Balaban J connectivity index is 1.56. The number of ether oxygens (including phenoxy) is 2. The molecule has 0 aliphatic rings. The van der Waals surface area contributed by atoms with Crippen molar-refractivity contribution in [3.63, 3.8) is 0 Å². The Morgan fingerprint density at radius 3 is 2.54 bits per heavy atom. The summed E-state index contributed by atoms with van der Waals surface area (Å²) in [7, 11) is 0. The zero-order valence-corrected chi connectivity index (χ0v) is 19.1. The molecule has 12 nitrogen and oxygen atoms in total. The minimum absolute atomic E-state index is 0.000899. The number of anilines is 1. The molecule has 0 unspecified atom stereocenters. The first-order chi connectivity index (χ1) is 17.1. The van der Waals surface area contributed by atoms with Crippen LogP contribution in [-0.2, 0) is 0 Å². The van der Waals surface area contributed by atoms with E-state index in [9.17, 15) is 4.79 Å². The third kappa shape index (κ3) is 5.55. The number of carbonyl (C=O) groups excluding carboxylic acids is 1.